The molecule has 2 aromatic rings. The molecule has 0 fully saturated rings. The van der Waals surface area contributed by atoms with Gasteiger partial charge in [0.15, 0.2) is 0 Å². The second kappa shape index (κ2) is 5.62. The van der Waals surface area contributed by atoms with Crippen LogP contribution in [0.2, 0.25) is 0 Å². The Balaban J connectivity index is 2.19. The quantitative estimate of drug-likeness (QED) is 0.769. The Kier molecular flexibility index (Phi) is 3.91. The van der Waals surface area contributed by atoms with Gasteiger partial charge in [-0.2, -0.15) is 0 Å². The Morgan fingerprint density at radius 3 is 3.05 bits per heavy atom. The lowest BCUT2D eigenvalue weighted by molar-refractivity contribution is -0.136. The SMILES string of the molecule is Cc1cccn2c(=O)cc(CNCCC(=O)O)nc12. The summed E-state index contributed by atoms with van der Waals surface area (Å²) in [4.78, 5) is 26.7. The van der Waals surface area contributed by atoms with Gasteiger partial charge in [-0.3, -0.25) is 14.0 Å². The summed E-state index contributed by atoms with van der Waals surface area (Å²) in [5, 5.41) is 11.5. The van der Waals surface area contributed by atoms with Crippen LogP contribution in [-0.4, -0.2) is 27.0 Å². The average Bonchev–Trinajstić information content (AvgIpc) is 2.36. The smallest absolute Gasteiger partial charge is 0.304 e. The van der Waals surface area contributed by atoms with Crippen LogP contribution in [-0.2, 0) is 11.3 Å². The first kappa shape index (κ1) is 13.2. The number of aromatic nitrogens is 2. The van der Waals surface area contributed by atoms with E-state index in [4.69, 9.17) is 5.11 Å². The lowest BCUT2D eigenvalue weighted by Gasteiger charge is -2.06. The monoisotopic (exact) mass is 261 g/mol. The summed E-state index contributed by atoms with van der Waals surface area (Å²) in [7, 11) is 0. The van der Waals surface area contributed by atoms with Gasteiger partial charge in [0.1, 0.15) is 5.65 Å². The van der Waals surface area contributed by atoms with E-state index in [1.807, 2.05) is 13.0 Å². The number of hydrogen-bond acceptors (Lipinski definition) is 4. The number of carboxylic acids is 1. The van der Waals surface area contributed by atoms with Gasteiger partial charge in [-0.15, -0.1) is 0 Å². The highest BCUT2D eigenvalue weighted by Gasteiger charge is 2.04. The average molecular weight is 261 g/mol. The van der Waals surface area contributed by atoms with E-state index >= 15 is 0 Å². The molecule has 19 heavy (non-hydrogen) atoms. The summed E-state index contributed by atoms with van der Waals surface area (Å²) < 4.78 is 1.50. The van der Waals surface area contributed by atoms with Crippen molar-refractivity contribution in [2.24, 2.45) is 0 Å². The minimum atomic E-state index is -0.852. The van der Waals surface area contributed by atoms with Crippen molar-refractivity contribution in [3.05, 3.63) is 46.0 Å². The predicted molar refractivity (Wildman–Crippen MR) is 70.2 cm³/mol. The molecule has 2 aromatic heterocycles. The third kappa shape index (κ3) is 3.17. The van der Waals surface area contributed by atoms with Gasteiger partial charge in [-0.25, -0.2) is 4.98 Å². The Bertz CT molecular complexity index is 664. The maximum atomic E-state index is 11.9. The summed E-state index contributed by atoms with van der Waals surface area (Å²) in [6, 6.07) is 5.15. The van der Waals surface area contributed by atoms with Crippen molar-refractivity contribution >= 4 is 11.6 Å². The first-order valence-corrected chi connectivity index (χ1v) is 5.98. The summed E-state index contributed by atoms with van der Waals surface area (Å²) in [6.45, 7) is 2.63. The normalized spacial score (nSPS) is 10.8. The largest absolute Gasteiger partial charge is 0.481 e. The molecule has 0 bridgehead atoms. The van der Waals surface area contributed by atoms with Gasteiger partial charge in [0.25, 0.3) is 5.56 Å². The number of pyridine rings is 1. The van der Waals surface area contributed by atoms with Crippen LogP contribution < -0.4 is 10.9 Å². The van der Waals surface area contributed by atoms with Gasteiger partial charge in [0.05, 0.1) is 12.1 Å². The van der Waals surface area contributed by atoms with Gasteiger partial charge < -0.3 is 10.4 Å². The van der Waals surface area contributed by atoms with Crippen molar-refractivity contribution in [3.63, 3.8) is 0 Å². The number of carbonyl (C=O) groups is 1. The Morgan fingerprint density at radius 1 is 1.53 bits per heavy atom. The molecule has 0 spiro atoms. The van der Waals surface area contributed by atoms with Crippen LogP contribution in [0.1, 0.15) is 17.7 Å². The summed E-state index contributed by atoms with van der Waals surface area (Å²) in [5.74, 6) is -0.852. The maximum absolute atomic E-state index is 11.9. The topological polar surface area (TPSA) is 83.7 Å². The molecule has 0 saturated heterocycles. The molecule has 0 unspecified atom stereocenters. The molecule has 2 heterocycles. The number of nitrogens with zero attached hydrogens (tertiary/aromatic N) is 2. The number of fused-ring (bicyclic) bond motifs is 1. The Morgan fingerprint density at radius 2 is 2.32 bits per heavy atom. The van der Waals surface area contributed by atoms with Gasteiger partial charge in [-0.1, -0.05) is 6.07 Å². The molecule has 0 aromatic carbocycles. The Hall–Kier alpha value is -2.21. The lowest BCUT2D eigenvalue weighted by Crippen LogP contribution is -2.22. The van der Waals surface area contributed by atoms with Gasteiger partial charge in [0.2, 0.25) is 0 Å². The van der Waals surface area contributed by atoms with E-state index in [1.54, 1.807) is 12.3 Å². The number of aliphatic carboxylic acids is 1. The molecule has 0 saturated carbocycles. The molecule has 0 aliphatic carbocycles. The zero-order valence-corrected chi connectivity index (χ0v) is 10.6. The third-order valence-electron chi connectivity index (χ3n) is 2.76. The number of carboxylic acid groups (broad SMARTS) is 1. The number of hydrogen-bond donors (Lipinski definition) is 2. The van der Waals surface area contributed by atoms with Crippen molar-refractivity contribution < 1.29 is 9.90 Å². The van der Waals surface area contributed by atoms with E-state index in [0.717, 1.165) is 5.56 Å². The minimum absolute atomic E-state index is 0.0472. The summed E-state index contributed by atoms with van der Waals surface area (Å²) in [6.07, 6.45) is 1.73. The van der Waals surface area contributed by atoms with Crippen LogP contribution in [0.15, 0.2) is 29.2 Å². The molecule has 2 N–H and O–H groups in total. The second-order valence-corrected chi connectivity index (χ2v) is 4.29. The Labute approximate surface area is 109 Å². The van der Waals surface area contributed by atoms with Crippen molar-refractivity contribution in [3.8, 4) is 0 Å². The fourth-order valence-corrected chi connectivity index (χ4v) is 1.81. The van der Waals surface area contributed by atoms with Crippen LogP contribution >= 0.6 is 0 Å². The molecule has 0 amide bonds. The summed E-state index contributed by atoms with van der Waals surface area (Å²) in [5.41, 5.74) is 2.03. The molecule has 6 heteroatoms. The second-order valence-electron chi connectivity index (χ2n) is 4.29. The maximum Gasteiger partial charge on any atom is 0.304 e. The lowest BCUT2D eigenvalue weighted by atomic mass is 10.3. The molecule has 0 radical (unpaired) electrons. The first-order chi connectivity index (χ1) is 9.08. The molecule has 0 atom stereocenters. The van der Waals surface area contributed by atoms with E-state index in [9.17, 15) is 9.59 Å². The van der Waals surface area contributed by atoms with Crippen LogP contribution in [0.25, 0.3) is 5.65 Å². The minimum Gasteiger partial charge on any atom is -0.481 e. The van der Waals surface area contributed by atoms with Crippen molar-refractivity contribution in [2.75, 3.05) is 6.54 Å². The summed E-state index contributed by atoms with van der Waals surface area (Å²) >= 11 is 0. The van der Waals surface area contributed by atoms with Crippen molar-refractivity contribution in [2.45, 2.75) is 19.9 Å². The van der Waals surface area contributed by atoms with Crippen LogP contribution in [0.5, 0.6) is 0 Å². The zero-order chi connectivity index (χ0) is 13.8. The molecule has 2 rings (SSSR count). The highest BCUT2D eigenvalue weighted by Crippen LogP contribution is 2.05. The number of aryl methyl sites for hydroxylation is 1. The van der Waals surface area contributed by atoms with E-state index < -0.39 is 5.97 Å². The number of rotatable bonds is 5. The molecule has 0 aliphatic rings. The van der Waals surface area contributed by atoms with E-state index in [-0.39, 0.29) is 12.0 Å². The first-order valence-electron chi connectivity index (χ1n) is 5.98. The van der Waals surface area contributed by atoms with E-state index in [1.165, 1.54) is 10.5 Å². The van der Waals surface area contributed by atoms with Crippen LogP contribution in [0, 0.1) is 6.92 Å². The van der Waals surface area contributed by atoms with Gasteiger partial charge in [0, 0.05) is 25.4 Å². The van der Waals surface area contributed by atoms with Crippen molar-refractivity contribution in [1.29, 1.82) is 0 Å². The highest BCUT2D eigenvalue weighted by molar-refractivity contribution is 5.66. The molecule has 100 valence electrons. The van der Waals surface area contributed by atoms with Gasteiger partial charge >= 0.3 is 5.97 Å². The standard InChI is InChI=1S/C13H15N3O3/c1-9-3-2-6-16-11(17)7-10(15-13(9)16)8-14-5-4-12(18)19/h2-3,6-7,14H,4-5,8H2,1H3,(H,18,19). The third-order valence-corrected chi connectivity index (χ3v) is 2.76. The predicted octanol–water partition coefficient (Wildman–Crippen LogP) is 0.567. The fraction of sp³-hybridized carbons (Fsp3) is 0.308. The zero-order valence-electron chi connectivity index (χ0n) is 10.6. The molecule has 0 aliphatic heterocycles. The van der Waals surface area contributed by atoms with Crippen LogP contribution in [0.3, 0.4) is 0 Å². The van der Waals surface area contributed by atoms with E-state index in [0.29, 0.717) is 24.4 Å². The van der Waals surface area contributed by atoms with E-state index in [2.05, 4.69) is 10.3 Å². The van der Waals surface area contributed by atoms with Crippen molar-refractivity contribution in [1.82, 2.24) is 14.7 Å². The molecule has 6 nitrogen and oxygen atoms in total. The highest BCUT2D eigenvalue weighted by atomic mass is 16.4. The molecular weight excluding hydrogens is 246 g/mol. The van der Waals surface area contributed by atoms with Crippen LogP contribution in [0.4, 0.5) is 0 Å². The number of nitrogens with one attached hydrogen (secondary N) is 1. The molecular formula is C13H15N3O3. The van der Waals surface area contributed by atoms with Gasteiger partial charge in [-0.05, 0) is 18.6 Å². The fourth-order valence-electron chi connectivity index (χ4n) is 1.81.